The molecule has 1 aromatic heterocycles. The fraction of sp³-hybridized carbons (Fsp3) is 0.636. The van der Waals surface area contributed by atoms with Crippen molar-refractivity contribution in [2.24, 2.45) is 0 Å². The summed E-state index contributed by atoms with van der Waals surface area (Å²) < 4.78 is 5.65. The van der Waals surface area contributed by atoms with Crippen molar-refractivity contribution in [2.45, 2.75) is 46.1 Å². The predicted molar refractivity (Wildman–Crippen MR) is 60.8 cm³/mol. The van der Waals surface area contributed by atoms with Gasteiger partial charge in [-0.1, -0.05) is 20.3 Å². The van der Waals surface area contributed by atoms with Gasteiger partial charge in [-0.3, -0.25) is 0 Å². The molecule has 1 unspecified atom stereocenters. The summed E-state index contributed by atoms with van der Waals surface area (Å²) in [6, 6.07) is 1.67. The van der Waals surface area contributed by atoms with Gasteiger partial charge in [0, 0.05) is 12.5 Å². The van der Waals surface area contributed by atoms with E-state index in [4.69, 9.17) is 10.5 Å². The molecule has 0 aliphatic rings. The molecule has 0 aliphatic carbocycles. The molecule has 0 saturated carbocycles. The number of ether oxygens (including phenoxy) is 1. The number of aromatic nitrogens is 2. The van der Waals surface area contributed by atoms with Crippen molar-refractivity contribution in [2.75, 3.05) is 5.73 Å². The molecule has 0 radical (unpaired) electrons. The molecule has 0 amide bonds. The molecule has 1 aromatic rings. The quantitative estimate of drug-likeness (QED) is 0.807. The normalized spacial score (nSPS) is 12.5. The van der Waals surface area contributed by atoms with Crippen molar-refractivity contribution in [1.82, 2.24) is 9.97 Å². The van der Waals surface area contributed by atoms with E-state index in [0.29, 0.717) is 11.7 Å². The highest BCUT2D eigenvalue weighted by Gasteiger charge is 2.06. The van der Waals surface area contributed by atoms with Gasteiger partial charge in [-0.05, 0) is 13.3 Å². The third-order valence-electron chi connectivity index (χ3n) is 2.10. The summed E-state index contributed by atoms with van der Waals surface area (Å²) in [5.74, 6) is 1.79. The SMILES string of the molecule is CCCC(C)Oc1cc(N)nc(CC)n1. The van der Waals surface area contributed by atoms with Gasteiger partial charge in [-0.25, -0.2) is 4.98 Å². The van der Waals surface area contributed by atoms with E-state index in [1.165, 1.54) is 0 Å². The Balaban J connectivity index is 2.71. The Hall–Kier alpha value is -1.32. The second-order valence-corrected chi connectivity index (χ2v) is 3.62. The number of hydrogen-bond acceptors (Lipinski definition) is 4. The van der Waals surface area contributed by atoms with Crippen molar-refractivity contribution in [3.63, 3.8) is 0 Å². The Morgan fingerprint density at radius 1 is 1.40 bits per heavy atom. The monoisotopic (exact) mass is 209 g/mol. The molecular formula is C11H19N3O. The van der Waals surface area contributed by atoms with Gasteiger partial charge in [0.1, 0.15) is 11.6 Å². The predicted octanol–water partition coefficient (Wildman–Crippen LogP) is 2.19. The first-order valence-corrected chi connectivity index (χ1v) is 5.45. The van der Waals surface area contributed by atoms with Crippen LogP contribution in [0.5, 0.6) is 5.88 Å². The smallest absolute Gasteiger partial charge is 0.218 e. The summed E-state index contributed by atoms with van der Waals surface area (Å²) in [7, 11) is 0. The lowest BCUT2D eigenvalue weighted by atomic mass is 10.2. The zero-order chi connectivity index (χ0) is 11.3. The summed E-state index contributed by atoms with van der Waals surface area (Å²) in [4.78, 5) is 8.35. The number of aryl methyl sites for hydroxylation is 1. The van der Waals surface area contributed by atoms with E-state index in [1.54, 1.807) is 6.07 Å². The molecule has 4 heteroatoms. The third kappa shape index (κ3) is 3.73. The summed E-state index contributed by atoms with van der Waals surface area (Å²) in [6.45, 7) is 6.16. The van der Waals surface area contributed by atoms with Crippen molar-refractivity contribution >= 4 is 5.82 Å². The molecule has 0 aliphatic heterocycles. The van der Waals surface area contributed by atoms with Gasteiger partial charge in [0.2, 0.25) is 5.88 Å². The van der Waals surface area contributed by atoms with Crippen LogP contribution in [0.3, 0.4) is 0 Å². The van der Waals surface area contributed by atoms with Crippen LogP contribution >= 0.6 is 0 Å². The number of hydrogen-bond donors (Lipinski definition) is 1. The van der Waals surface area contributed by atoms with E-state index < -0.39 is 0 Å². The lowest BCUT2D eigenvalue weighted by Gasteiger charge is -2.13. The van der Waals surface area contributed by atoms with E-state index in [-0.39, 0.29) is 6.10 Å². The fourth-order valence-electron chi connectivity index (χ4n) is 1.38. The molecule has 0 fully saturated rings. The molecule has 4 nitrogen and oxygen atoms in total. The Kier molecular flexibility index (Phi) is 4.34. The van der Waals surface area contributed by atoms with Crippen LogP contribution in [0.15, 0.2) is 6.07 Å². The largest absolute Gasteiger partial charge is 0.475 e. The summed E-state index contributed by atoms with van der Waals surface area (Å²) in [6.07, 6.45) is 3.06. The second kappa shape index (κ2) is 5.53. The van der Waals surface area contributed by atoms with E-state index in [2.05, 4.69) is 16.9 Å². The molecule has 0 bridgehead atoms. The molecule has 0 aromatic carbocycles. The van der Waals surface area contributed by atoms with Gasteiger partial charge < -0.3 is 10.5 Å². The standard InChI is InChI=1S/C11H19N3O/c1-4-6-8(3)15-11-7-9(12)13-10(5-2)14-11/h7-8H,4-6H2,1-3H3,(H2,12,13,14). The van der Waals surface area contributed by atoms with Crippen LogP contribution in [-0.2, 0) is 6.42 Å². The maximum absolute atomic E-state index is 5.65. The Labute approximate surface area is 90.9 Å². The lowest BCUT2D eigenvalue weighted by Crippen LogP contribution is -2.13. The zero-order valence-electron chi connectivity index (χ0n) is 9.66. The fourth-order valence-corrected chi connectivity index (χ4v) is 1.38. The molecule has 84 valence electrons. The average Bonchev–Trinajstić information content (AvgIpc) is 2.17. The molecule has 1 heterocycles. The minimum atomic E-state index is 0.175. The van der Waals surface area contributed by atoms with Crippen LogP contribution in [0.25, 0.3) is 0 Å². The number of nitrogen functional groups attached to an aromatic ring is 1. The lowest BCUT2D eigenvalue weighted by molar-refractivity contribution is 0.201. The number of nitrogens with zero attached hydrogens (tertiary/aromatic N) is 2. The molecular weight excluding hydrogens is 190 g/mol. The summed E-state index contributed by atoms with van der Waals surface area (Å²) >= 11 is 0. The first kappa shape index (κ1) is 11.8. The highest BCUT2D eigenvalue weighted by Crippen LogP contribution is 2.14. The van der Waals surface area contributed by atoms with Crippen molar-refractivity contribution in [3.8, 4) is 5.88 Å². The maximum atomic E-state index is 5.65. The highest BCUT2D eigenvalue weighted by molar-refractivity contribution is 5.32. The molecule has 2 N–H and O–H groups in total. The van der Waals surface area contributed by atoms with Crippen LogP contribution in [0.2, 0.25) is 0 Å². The molecule has 0 spiro atoms. The molecule has 15 heavy (non-hydrogen) atoms. The topological polar surface area (TPSA) is 61.0 Å². The minimum absolute atomic E-state index is 0.175. The number of nitrogens with two attached hydrogens (primary N) is 1. The Bertz CT molecular complexity index is 315. The van der Waals surface area contributed by atoms with Gasteiger partial charge in [0.25, 0.3) is 0 Å². The Morgan fingerprint density at radius 3 is 2.73 bits per heavy atom. The number of rotatable bonds is 5. The van der Waals surface area contributed by atoms with E-state index in [1.807, 2.05) is 13.8 Å². The highest BCUT2D eigenvalue weighted by atomic mass is 16.5. The van der Waals surface area contributed by atoms with Crippen molar-refractivity contribution in [1.29, 1.82) is 0 Å². The molecule has 1 atom stereocenters. The van der Waals surface area contributed by atoms with Crippen LogP contribution in [0.1, 0.15) is 39.4 Å². The third-order valence-corrected chi connectivity index (χ3v) is 2.10. The van der Waals surface area contributed by atoms with Gasteiger partial charge in [0.05, 0.1) is 6.10 Å². The van der Waals surface area contributed by atoms with Crippen molar-refractivity contribution in [3.05, 3.63) is 11.9 Å². The van der Waals surface area contributed by atoms with Crippen LogP contribution < -0.4 is 10.5 Å². The van der Waals surface area contributed by atoms with Crippen LogP contribution in [0, 0.1) is 0 Å². The van der Waals surface area contributed by atoms with Crippen molar-refractivity contribution < 1.29 is 4.74 Å². The zero-order valence-corrected chi connectivity index (χ0v) is 9.66. The van der Waals surface area contributed by atoms with Gasteiger partial charge >= 0.3 is 0 Å². The first-order chi connectivity index (χ1) is 7.15. The van der Waals surface area contributed by atoms with Crippen LogP contribution in [-0.4, -0.2) is 16.1 Å². The summed E-state index contributed by atoms with van der Waals surface area (Å²) in [5.41, 5.74) is 5.65. The minimum Gasteiger partial charge on any atom is -0.475 e. The van der Waals surface area contributed by atoms with E-state index in [9.17, 15) is 0 Å². The summed E-state index contributed by atoms with van der Waals surface area (Å²) in [5, 5.41) is 0. The van der Waals surface area contributed by atoms with Gasteiger partial charge in [-0.2, -0.15) is 4.98 Å². The maximum Gasteiger partial charge on any atom is 0.218 e. The number of anilines is 1. The molecule has 1 rings (SSSR count). The van der Waals surface area contributed by atoms with Gasteiger partial charge in [-0.15, -0.1) is 0 Å². The Morgan fingerprint density at radius 2 is 2.13 bits per heavy atom. The van der Waals surface area contributed by atoms with E-state index in [0.717, 1.165) is 25.1 Å². The van der Waals surface area contributed by atoms with E-state index >= 15 is 0 Å². The first-order valence-electron chi connectivity index (χ1n) is 5.45. The van der Waals surface area contributed by atoms with Gasteiger partial charge in [0.15, 0.2) is 0 Å². The molecule has 0 saturated heterocycles. The second-order valence-electron chi connectivity index (χ2n) is 3.62. The average molecular weight is 209 g/mol. The van der Waals surface area contributed by atoms with Crippen LogP contribution in [0.4, 0.5) is 5.82 Å².